The average molecular weight is 505 g/mol. The number of fused-ring (bicyclic) bond motifs is 1. The number of rotatable bonds is 8. The Morgan fingerprint density at radius 2 is 2.11 bits per heavy atom. The van der Waals surface area contributed by atoms with Crippen LogP contribution < -0.4 is 10.1 Å². The second kappa shape index (κ2) is 11.7. The van der Waals surface area contributed by atoms with E-state index in [1.807, 2.05) is 43.3 Å². The van der Waals surface area contributed by atoms with E-state index in [9.17, 15) is 14.9 Å². The molecule has 0 aliphatic carbocycles. The van der Waals surface area contributed by atoms with Gasteiger partial charge in [0.2, 0.25) is 5.91 Å². The van der Waals surface area contributed by atoms with Crippen LogP contribution in [0.15, 0.2) is 48.8 Å². The van der Waals surface area contributed by atoms with E-state index in [1.54, 1.807) is 24.4 Å². The monoisotopic (exact) mass is 504 g/mol. The number of aromatic nitrogens is 1. The molecule has 2 amide bonds. The Bertz CT molecular complexity index is 1270. The first-order valence-electron chi connectivity index (χ1n) is 11.8. The number of nitrogens with zero attached hydrogens (tertiary/aromatic N) is 3. The number of carbonyl (C=O) groups is 2. The fraction of sp³-hybridized carbons (Fsp3) is 0.333. The summed E-state index contributed by atoms with van der Waals surface area (Å²) in [5, 5.41) is 13.2. The van der Waals surface area contributed by atoms with Gasteiger partial charge in [-0.3, -0.25) is 9.78 Å². The van der Waals surface area contributed by atoms with E-state index in [0.717, 1.165) is 27.3 Å². The fourth-order valence-corrected chi connectivity index (χ4v) is 5.53. The summed E-state index contributed by atoms with van der Waals surface area (Å²) in [6, 6.07) is 13.7. The molecule has 1 N–H and O–H groups in total. The van der Waals surface area contributed by atoms with Crippen molar-refractivity contribution in [3.05, 3.63) is 75.9 Å². The van der Waals surface area contributed by atoms with Gasteiger partial charge in [0.25, 0.3) is 0 Å². The van der Waals surface area contributed by atoms with Crippen molar-refractivity contribution in [3.63, 3.8) is 0 Å². The highest BCUT2D eigenvalue weighted by molar-refractivity contribution is 7.16. The Morgan fingerprint density at radius 3 is 2.86 bits per heavy atom. The van der Waals surface area contributed by atoms with Gasteiger partial charge in [-0.25, -0.2) is 4.79 Å². The summed E-state index contributed by atoms with van der Waals surface area (Å²) >= 11 is 1.35. The van der Waals surface area contributed by atoms with Crippen LogP contribution in [0.4, 0.5) is 9.80 Å². The van der Waals surface area contributed by atoms with Gasteiger partial charge in [0.1, 0.15) is 16.8 Å². The van der Waals surface area contributed by atoms with Crippen LogP contribution in [0, 0.1) is 11.3 Å². The lowest BCUT2D eigenvalue weighted by molar-refractivity contribution is -0.116. The molecule has 1 aliphatic heterocycles. The standard InChI is InChI=1S/C27H28N4O4S/c1-18(20-7-3-4-8-23(20)34-2)14-25(32)30-26-22(15-28)21-9-12-31(17-24(21)36-26)27(33)35-13-10-19-6-5-11-29-16-19/h3-8,11,16,18H,9-10,12-14,17H2,1-2H3,(H,30,32)/t18-/m0/s1. The molecule has 1 aliphatic rings. The van der Waals surface area contributed by atoms with Gasteiger partial charge in [0.15, 0.2) is 0 Å². The van der Waals surface area contributed by atoms with E-state index < -0.39 is 0 Å². The average Bonchev–Trinajstić information content (AvgIpc) is 3.24. The number of methoxy groups -OCH3 is 1. The zero-order valence-corrected chi connectivity index (χ0v) is 21.1. The van der Waals surface area contributed by atoms with Crippen LogP contribution in [0.2, 0.25) is 0 Å². The van der Waals surface area contributed by atoms with Crippen LogP contribution in [0.3, 0.4) is 0 Å². The Kier molecular flexibility index (Phi) is 8.18. The van der Waals surface area contributed by atoms with Crippen LogP contribution in [0.5, 0.6) is 5.75 Å². The molecule has 36 heavy (non-hydrogen) atoms. The van der Waals surface area contributed by atoms with Crippen LogP contribution in [-0.2, 0) is 28.9 Å². The topological polar surface area (TPSA) is 105 Å². The van der Waals surface area contributed by atoms with Crippen molar-refractivity contribution in [3.8, 4) is 11.8 Å². The molecular formula is C27H28N4O4S. The van der Waals surface area contributed by atoms with E-state index in [4.69, 9.17) is 9.47 Å². The van der Waals surface area contributed by atoms with Crippen LogP contribution in [-0.4, -0.2) is 42.1 Å². The van der Waals surface area contributed by atoms with Crippen molar-refractivity contribution in [2.75, 3.05) is 25.6 Å². The summed E-state index contributed by atoms with van der Waals surface area (Å²) in [5.41, 5.74) is 3.34. The third-order valence-corrected chi connectivity index (χ3v) is 7.31. The van der Waals surface area contributed by atoms with Gasteiger partial charge in [0, 0.05) is 36.7 Å². The number of carbonyl (C=O) groups excluding carboxylic acids is 2. The van der Waals surface area contributed by atoms with Crippen molar-refractivity contribution < 1.29 is 19.1 Å². The molecule has 0 fully saturated rings. The number of pyridine rings is 1. The first kappa shape index (κ1) is 25.2. The van der Waals surface area contributed by atoms with E-state index >= 15 is 0 Å². The highest BCUT2D eigenvalue weighted by Gasteiger charge is 2.28. The zero-order valence-electron chi connectivity index (χ0n) is 20.3. The molecule has 1 aromatic carbocycles. The van der Waals surface area contributed by atoms with Crippen LogP contribution in [0.25, 0.3) is 0 Å². The number of hydrogen-bond donors (Lipinski definition) is 1. The van der Waals surface area contributed by atoms with Crippen molar-refractivity contribution >= 4 is 28.3 Å². The van der Waals surface area contributed by atoms with Crippen molar-refractivity contribution in [1.82, 2.24) is 9.88 Å². The molecule has 2 aromatic heterocycles. The number of para-hydroxylation sites is 1. The molecule has 0 unspecified atom stereocenters. The number of hydrogen-bond acceptors (Lipinski definition) is 7. The Labute approximate surface area is 214 Å². The maximum atomic E-state index is 12.8. The second-order valence-electron chi connectivity index (χ2n) is 8.61. The van der Waals surface area contributed by atoms with Crippen LogP contribution >= 0.6 is 11.3 Å². The van der Waals surface area contributed by atoms with Gasteiger partial charge < -0.3 is 19.7 Å². The maximum Gasteiger partial charge on any atom is 0.410 e. The number of benzene rings is 1. The van der Waals surface area contributed by atoms with E-state index in [1.165, 1.54) is 11.3 Å². The van der Waals surface area contributed by atoms with E-state index in [-0.39, 0.29) is 30.9 Å². The lowest BCUT2D eigenvalue weighted by atomic mass is 9.96. The molecule has 0 saturated carbocycles. The molecule has 8 nitrogen and oxygen atoms in total. The first-order valence-corrected chi connectivity index (χ1v) is 12.6. The minimum Gasteiger partial charge on any atom is -0.496 e. The second-order valence-corrected chi connectivity index (χ2v) is 9.72. The van der Waals surface area contributed by atoms with Crippen molar-refractivity contribution in [1.29, 1.82) is 5.26 Å². The maximum absolute atomic E-state index is 12.8. The van der Waals surface area contributed by atoms with E-state index in [0.29, 0.717) is 36.5 Å². The predicted molar refractivity (Wildman–Crippen MR) is 137 cm³/mol. The quantitative estimate of drug-likeness (QED) is 0.468. The molecule has 3 heterocycles. The normalized spacial score (nSPS) is 13.3. The Balaban J connectivity index is 1.36. The highest BCUT2D eigenvalue weighted by Crippen LogP contribution is 2.37. The third-order valence-electron chi connectivity index (χ3n) is 6.18. The number of thiophene rings is 1. The van der Waals surface area contributed by atoms with Crippen molar-refractivity contribution in [2.24, 2.45) is 0 Å². The number of nitriles is 1. The molecule has 0 bridgehead atoms. The predicted octanol–water partition coefficient (Wildman–Crippen LogP) is 4.89. The third kappa shape index (κ3) is 5.83. The van der Waals surface area contributed by atoms with Gasteiger partial charge >= 0.3 is 6.09 Å². The summed E-state index contributed by atoms with van der Waals surface area (Å²) in [5.74, 6) is 0.517. The SMILES string of the molecule is COc1ccccc1[C@@H](C)CC(=O)Nc1sc2c(c1C#N)CCN(C(=O)OCCc1cccnc1)C2. The molecule has 1 atom stereocenters. The summed E-state index contributed by atoms with van der Waals surface area (Å²) < 4.78 is 10.9. The molecule has 186 valence electrons. The smallest absolute Gasteiger partial charge is 0.410 e. The molecule has 0 spiro atoms. The summed E-state index contributed by atoms with van der Waals surface area (Å²) in [6.45, 7) is 3.06. The fourth-order valence-electron chi connectivity index (χ4n) is 4.30. The summed E-state index contributed by atoms with van der Waals surface area (Å²) in [7, 11) is 1.61. The minimum atomic E-state index is -0.382. The van der Waals surface area contributed by atoms with Gasteiger partial charge in [-0.15, -0.1) is 11.3 Å². The molecule has 9 heteroatoms. The number of anilines is 1. The molecular weight excluding hydrogens is 476 g/mol. The molecule has 0 radical (unpaired) electrons. The number of amides is 2. The lowest BCUT2D eigenvalue weighted by Gasteiger charge is -2.26. The van der Waals surface area contributed by atoms with Crippen LogP contribution in [0.1, 0.15) is 46.4 Å². The molecule has 4 rings (SSSR count). The number of ether oxygens (including phenoxy) is 2. The van der Waals surface area contributed by atoms with Gasteiger partial charge in [-0.05, 0) is 41.2 Å². The number of nitrogens with one attached hydrogen (secondary N) is 1. The van der Waals surface area contributed by atoms with E-state index in [2.05, 4.69) is 16.4 Å². The minimum absolute atomic E-state index is 0.0572. The highest BCUT2D eigenvalue weighted by atomic mass is 32.1. The van der Waals surface area contributed by atoms with Gasteiger partial charge in [-0.2, -0.15) is 5.26 Å². The van der Waals surface area contributed by atoms with Gasteiger partial charge in [-0.1, -0.05) is 31.2 Å². The molecule has 3 aromatic rings. The summed E-state index contributed by atoms with van der Waals surface area (Å²) in [4.78, 5) is 32.0. The van der Waals surface area contributed by atoms with Crippen molar-refractivity contribution in [2.45, 2.75) is 38.6 Å². The van der Waals surface area contributed by atoms with Gasteiger partial charge in [0.05, 0.1) is 25.8 Å². The summed E-state index contributed by atoms with van der Waals surface area (Å²) in [6.07, 6.45) is 4.47. The lowest BCUT2D eigenvalue weighted by Crippen LogP contribution is -2.36. The first-order chi connectivity index (χ1) is 17.5. The Morgan fingerprint density at radius 1 is 1.28 bits per heavy atom. The Hall–Kier alpha value is -3.90. The largest absolute Gasteiger partial charge is 0.496 e. The zero-order chi connectivity index (χ0) is 25.5. The molecule has 0 saturated heterocycles.